The Morgan fingerprint density at radius 1 is 1.36 bits per heavy atom. The van der Waals surface area contributed by atoms with E-state index in [1.54, 1.807) is 13.3 Å². The van der Waals surface area contributed by atoms with Gasteiger partial charge in [0.25, 0.3) is 0 Å². The lowest BCUT2D eigenvalue weighted by atomic mass is 10.0. The zero-order valence-corrected chi connectivity index (χ0v) is 8.70. The van der Waals surface area contributed by atoms with Gasteiger partial charge >= 0.3 is 0 Å². The fraction of sp³-hybridized carbons (Fsp3) is 0.154. The van der Waals surface area contributed by atoms with Crippen molar-refractivity contribution in [2.75, 3.05) is 7.05 Å². The van der Waals surface area contributed by atoms with Crippen LogP contribution < -0.4 is 0 Å². The smallest absolute Gasteiger partial charge is 0.0277 e. The van der Waals surface area contributed by atoms with Crippen molar-refractivity contribution >= 4 is 11.8 Å². The minimum Gasteiger partial charge on any atom is -0.296 e. The molecule has 72 valence electrons. The molecule has 1 heteroatoms. The first-order valence-corrected chi connectivity index (χ1v) is 4.60. The van der Waals surface area contributed by atoms with E-state index >= 15 is 0 Å². The highest BCUT2D eigenvalue weighted by molar-refractivity contribution is 5.88. The molecule has 1 aromatic rings. The number of nitrogens with zero attached hydrogens (tertiary/aromatic N) is 1. The standard InChI is InChI=1S/C13H15N/c1-4-12(9-10-14-3)13-8-6-5-7-11(13)2/h4-10H,1H2,2-3H3/b12-9+,14-10?. The van der Waals surface area contributed by atoms with Gasteiger partial charge in [-0.15, -0.1) is 0 Å². The maximum absolute atomic E-state index is 3.93. The number of benzene rings is 1. The first-order chi connectivity index (χ1) is 6.79. The number of aliphatic imine (C=N–C) groups is 1. The highest BCUT2D eigenvalue weighted by Gasteiger charge is 1.98. The Labute approximate surface area is 85.5 Å². The van der Waals surface area contributed by atoms with Crippen LogP contribution in [-0.2, 0) is 0 Å². The number of hydrogen-bond acceptors (Lipinski definition) is 1. The fourth-order valence-corrected chi connectivity index (χ4v) is 1.32. The van der Waals surface area contributed by atoms with Gasteiger partial charge in [-0.3, -0.25) is 4.99 Å². The number of aryl methyl sites for hydroxylation is 1. The third kappa shape index (κ3) is 2.43. The Kier molecular flexibility index (Phi) is 3.86. The summed E-state index contributed by atoms with van der Waals surface area (Å²) in [6, 6.07) is 8.25. The highest BCUT2D eigenvalue weighted by Crippen LogP contribution is 2.18. The van der Waals surface area contributed by atoms with E-state index in [0.717, 1.165) is 5.57 Å². The lowest BCUT2D eigenvalue weighted by molar-refractivity contribution is 1.43. The van der Waals surface area contributed by atoms with Gasteiger partial charge in [0.15, 0.2) is 0 Å². The summed E-state index contributed by atoms with van der Waals surface area (Å²) in [5, 5.41) is 0. The van der Waals surface area contributed by atoms with Crippen LogP contribution in [0.3, 0.4) is 0 Å². The zero-order chi connectivity index (χ0) is 10.4. The Morgan fingerprint density at radius 3 is 2.64 bits per heavy atom. The molecule has 14 heavy (non-hydrogen) atoms. The predicted molar refractivity (Wildman–Crippen MR) is 63.8 cm³/mol. The molecule has 0 bridgehead atoms. The third-order valence-electron chi connectivity index (χ3n) is 2.08. The van der Waals surface area contributed by atoms with E-state index < -0.39 is 0 Å². The average Bonchev–Trinajstić information content (AvgIpc) is 2.21. The molecular weight excluding hydrogens is 170 g/mol. The molecule has 0 aliphatic rings. The largest absolute Gasteiger partial charge is 0.296 e. The van der Waals surface area contributed by atoms with Crippen molar-refractivity contribution in [2.24, 2.45) is 4.99 Å². The molecule has 0 saturated carbocycles. The van der Waals surface area contributed by atoms with Gasteiger partial charge in [0.2, 0.25) is 0 Å². The van der Waals surface area contributed by atoms with Crippen LogP contribution in [0.15, 0.2) is 48.0 Å². The summed E-state index contributed by atoms with van der Waals surface area (Å²) in [5.41, 5.74) is 3.57. The lowest BCUT2D eigenvalue weighted by Crippen LogP contribution is -1.85. The zero-order valence-electron chi connectivity index (χ0n) is 8.70. The van der Waals surface area contributed by atoms with Gasteiger partial charge in [-0.05, 0) is 29.7 Å². The average molecular weight is 185 g/mol. The normalized spacial score (nSPS) is 12.0. The second-order valence-electron chi connectivity index (χ2n) is 3.05. The molecule has 0 aliphatic heterocycles. The topological polar surface area (TPSA) is 12.4 Å². The summed E-state index contributed by atoms with van der Waals surface area (Å²) in [6.07, 6.45) is 5.60. The van der Waals surface area contributed by atoms with Crippen LogP contribution in [0, 0.1) is 6.92 Å². The number of allylic oxidation sites excluding steroid dienone is 3. The van der Waals surface area contributed by atoms with Gasteiger partial charge in [0, 0.05) is 13.3 Å². The van der Waals surface area contributed by atoms with Crippen LogP contribution in [0.2, 0.25) is 0 Å². The summed E-state index contributed by atoms with van der Waals surface area (Å²) < 4.78 is 0. The molecule has 0 heterocycles. The van der Waals surface area contributed by atoms with Crippen molar-refractivity contribution in [1.82, 2.24) is 0 Å². The molecule has 0 saturated heterocycles. The molecule has 1 nitrogen and oxygen atoms in total. The predicted octanol–water partition coefficient (Wildman–Crippen LogP) is 3.27. The fourth-order valence-electron chi connectivity index (χ4n) is 1.32. The number of rotatable bonds is 3. The van der Waals surface area contributed by atoms with Crippen LogP contribution >= 0.6 is 0 Å². The second kappa shape index (κ2) is 5.18. The van der Waals surface area contributed by atoms with Crippen molar-refractivity contribution in [3.8, 4) is 0 Å². The van der Waals surface area contributed by atoms with Crippen molar-refractivity contribution in [1.29, 1.82) is 0 Å². The first-order valence-electron chi connectivity index (χ1n) is 4.60. The molecule has 0 amide bonds. The minimum absolute atomic E-state index is 1.11. The van der Waals surface area contributed by atoms with Crippen molar-refractivity contribution in [3.05, 3.63) is 54.1 Å². The third-order valence-corrected chi connectivity index (χ3v) is 2.08. The van der Waals surface area contributed by atoms with Crippen LogP contribution in [-0.4, -0.2) is 13.3 Å². The van der Waals surface area contributed by atoms with Crippen molar-refractivity contribution in [3.63, 3.8) is 0 Å². The van der Waals surface area contributed by atoms with Crippen LogP contribution in [0.1, 0.15) is 11.1 Å². The summed E-state index contributed by atoms with van der Waals surface area (Å²) in [5.74, 6) is 0. The molecule has 0 fully saturated rings. The number of hydrogen-bond donors (Lipinski definition) is 0. The maximum atomic E-state index is 3.93. The van der Waals surface area contributed by atoms with Gasteiger partial charge in [0.05, 0.1) is 0 Å². The molecule has 1 rings (SSSR count). The minimum atomic E-state index is 1.11. The molecular formula is C13H15N. The van der Waals surface area contributed by atoms with Gasteiger partial charge in [0.1, 0.15) is 0 Å². The second-order valence-corrected chi connectivity index (χ2v) is 3.05. The Hall–Kier alpha value is -1.63. The monoisotopic (exact) mass is 185 g/mol. The first kappa shape index (κ1) is 10.5. The molecule has 0 radical (unpaired) electrons. The maximum Gasteiger partial charge on any atom is 0.0277 e. The molecule has 0 unspecified atom stereocenters. The molecule has 0 aliphatic carbocycles. The van der Waals surface area contributed by atoms with Crippen LogP contribution in [0.5, 0.6) is 0 Å². The van der Waals surface area contributed by atoms with E-state index in [2.05, 4.69) is 30.6 Å². The van der Waals surface area contributed by atoms with Gasteiger partial charge < -0.3 is 0 Å². The summed E-state index contributed by atoms with van der Waals surface area (Å²) in [7, 11) is 1.76. The molecule has 0 spiro atoms. The Bertz CT molecular complexity index is 373. The Balaban J connectivity index is 3.13. The summed E-state index contributed by atoms with van der Waals surface area (Å²) in [4.78, 5) is 3.93. The molecule has 0 aromatic heterocycles. The molecule has 0 atom stereocenters. The molecule has 0 N–H and O–H groups in total. The van der Waals surface area contributed by atoms with E-state index in [1.807, 2.05) is 24.3 Å². The lowest BCUT2D eigenvalue weighted by Gasteiger charge is -2.04. The molecule has 1 aromatic carbocycles. The van der Waals surface area contributed by atoms with Gasteiger partial charge in [-0.1, -0.05) is 36.9 Å². The summed E-state index contributed by atoms with van der Waals surface area (Å²) >= 11 is 0. The van der Waals surface area contributed by atoms with Crippen molar-refractivity contribution in [2.45, 2.75) is 6.92 Å². The van der Waals surface area contributed by atoms with Crippen LogP contribution in [0.25, 0.3) is 5.57 Å². The van der Waals surface area contributed by atoms with Crippen LogP contribution in [0.4, 0.5) is 0 Å². The Morgan fingerprint density at radius 2 is 2.07 bits per heavy atom. The van der Waals surface area contributed by atoms with E-state index in [1.165, 1.54) is 11.1 Å². The van der Waals surface area contributed by atoms with E-state index in [4.69, 9.17) is 0 Å². The van der Waals surface area contributed by atoms with Gasteiger partial charge in [-0.2, -0.15) is 0 Å². The van der Waals surface area contributed by atoms with Gasteiger partial charge in [-0.25, -0.2) is 0 Å². The van der Waals surface area contributed by atoms with E-state index in [0.29, 0.717) is 0 Å². The van der Waals surface area contributed by atoms with E-state index in [-0.39, 0.29) is 0 Å². The quantitative estimate of drug-likeness (QED) is 0.506. The van der Waals surface area contributed by atoms with E-state index in [9.17, 15) is 0 Å². The highest BCUT2D eigenvalue weighted by atomic mass is 14.6. The van der Waals surface area contributed by atoms with Crippen molar-refractivity contribution < 1.29 is 0 Å². The SMILES string of the molecule is C=C/C(=C\C=NC)c1ccccc1C. The summed E-state index contributed by atoms with van der Waals surface area (Å²) in [6.45, 7) is 5.89.